The van der Waals surface area contributed by atoms with Gasteiger partial charge in [0.1, 0.15) is 0 Å². The molecule has 2 atom stereocenters. The van der Waals surface area contributed by atoms with E-state index in [4.69, 9.17) is 4.74 Å². The molecule has 2 aliphatic rings. The number of hydrogen-bond donors (Lipinski definition) is 2. The molecule has 2 rings (SSSR count). The molecule has 13 heavy (non-hydrogen) atoms. The van der Waals surface area contributed by atoms with E-state index in [9.17, 15) is 5.11 Å². The molecule has 0 unspecified atom stereocenters. The molecule has 2 N–H and O–H groups in total. The quantitative estimate of drug-likeness (QED) is 0.585. The highest BCUT2D eigenvalue weighted by atomic mass is 35.5. The zero-order valence-corrected chi connectivity index (χ0v) is 8.42. The molecule has 0 aromatic heterocycles. The van der Waals surface area contributed by atoms with Crippen molar-refractivity contribution >= 4 is 12.4 Å². The van der Waals surface area contributed by atoms with Crippen LogP contribution in [-0.4, -0.2) is 61.5 Å². The summed E-state index contributed by atoms with van der Waals surface area (Å²) < 4.78 is 5.25. The van der Waals surface area contributed by atoms with Gasteiger partial charge in [-0.2, -0.15) is 0 Å². The fourth-order valence-electron chi connectivity index (χ4n) is 1.93. The van der Waals surface area contributed by atoms with Crippen molar-refractivity contribution in [3.63, 3.8) is 0 Å². The molecule has 2 saturated heterocycles. The van der Waals surface area contributed by atoms with Crippen molar-refractivity contribution < 1.29 is 9.84 Å². The average molecular weight is 209 g/mol. The molecule has 78 valence electrons. The van der Waals surface area contributed by atoms with Crippen LogP contribution in [0.15, 0.2) is 0 Å². The van der Waals surface area contributed by atoms with Crippen molar-refractivity contribution in [1.82, 2.24) is 10.2 Å². The Hall–Kier alpha value is 0.130. The van der Waals surface area contributed by atoms with Crippen LogP contribution < -0.4 is 5.32 Å². The first-order valence-electron chi connectivity index (χ1n) is 4.58. The molecule has 0 aliphatic carbocycles. The van der Waals surface area contributed by atoms with Gasteiger partial charge < -0.3 is 15.2 Å². The predicted octanol–water partition coefficient (Wildman–Crippen LogP) is -0.927. The fourth-order valence-corrected chi connectivity index (χ4v) is 1.93. The van der Waals surface area contributed by atoms with Gasteiger partial charge in [-0.25, -0.2) is 0 Å². The third-order valence-electron chi connectivity index (χ3n) is 2.67. The first kappa shape index (κ1) is 11.2. The number of nitrogens with zero attached hydrogens (tertiary/aromatic N) is 1. The Balaban J connectivity index is 0.000000845. The van der Waals surface area contributed by atoms with Crippen molar-refractivity contribution in [2.75, 3.05) is 39.4 Å². The maximum Gasteiger partial charge on any atom is 0.0831 e. The van der Waals surface area contributed by atoms with Crippen molar-refractivity contribution in [2.45, 2.75) is 12.1 Å². The van der Waals surface area contributed by atoms with Crippen LogP contribution in [0.1, 0.15) is 0 Å². The molecule has 0 saturated carbocycles. The zero-order chi connectivity index (χ0) is 8.39. The molecule has 0 aromatic carbocycles. The van der Waals surface area contributed by atoms with Crippen LogP contribution in [0.3, 0.4) is 0 Å². The number of aliphatic hydroxyl groups is 1. The second-order valence-electron chi connectivity index (χ2n) is 3.44. The monoisotopic (exact) mass is 208 g/mol. The van der Waals surface area contributed by atoms with Crippen LogP contribution in [0.4, 0.5) is 0 Å². The molecule has 2 fully saturated rings. The lowest BCUT2D eigenvalue weighted by atomic mass is 10.2. The molecule has 2 aliphatic heterocycles. The summed E-state index contributed by atoms with van der Waals surface area (Å²) in [6, 6.07) is 0.314. The highest BCUT2D eigenvalue weighted by Crippen LogP contribution is 2.10. The minimum Gasteiger partial charge on any atom is -0.390 e. The van der Waals surface area contributed by atoms with Gasteiger partial charge in [0, 0.05) is 32.2 Å². The summed E-state index contributed by atoms with van der Waals surface area (Å²) in [5.74, 6) is 0. The maximum absolute atomic E-state index is 9.60. The van der Waals surface area contributed by atoms with Crippen LogP contribution in [0.25, 0.3) is 0 Å². The third-order valence-corrected chi connectivity index (χ3v) is 2.67. The molecule has 2 heterocycles. The number of morpholine rings is 1. The summed E-state index contributed by atoms with van der Waals surface area (Å²) in [5.41, 5.74) is 0. The van der Waals surface area contributed by atoms with Gasteiger partial charge in [0.2, 0.25) is 0 Å². The lowest BCUT2D eigenvalue weighted by Gasteiger charge is -2.33. The highest BCUT2D eigenvalue weighted by molar-refractivity contribution is 5.85. The van der Waals surface area contributed by atoms with Crippen LogP contribution in [0.5, 0.6) is 0 Å². The summed E-state index contributed by atoms with van der Waals surface area (Å²) in [7, 11) is 0. The van der Waals surface area contributed by atoms with E-state index < -0.39 is 0 Å². The van der Waals surface area contributed by atoms with Crippen LogP contribution in [0, 0.1) is 0 Å². The average Bonchev–Trinajstić information content (AvgIpc) is 2.53. The Bertz CT molecular complexity index is 153. The van der Waals surface area contributed by atoms with Crippen LogP contribution in [-0.2, 0) is 4.74 Å². The van der Waals surface area contributed by atoms with Gasteiger partial charge in [0.05, 0.1) is 19.3 Å². The Morgan fingerprint density at radius 1 is 1.23 bits per heavy atom. The highest BCUT2D eigenvalue weighted by Gasteiger charge is 2.30. The maximum atomic E-state index is 9.60. The first-order chi connectivity index (χ1) is 5.88. The van der Waals surface area contributed by atoms with Crippen molar-refractivity contribution in [2.24, 2.45) is 0 Å². The van der Waals surface area contributed by atoms with E-state index in [1.165, 1.54) is 0 Å². The van der Waals surface area contributed by atoms with E-state index in [-0.39, 0.29) is 18.5 Å². The normalized spacial score (nSPS) is 35.8. The number of β-amino-alcohol motifs (C(OH)–C–C–N with tert-alkyl or cyclic N) is 1. The van der Waals surface area contributed by atoms with Gasteiger partial charge in [-0.3, -0.25) is 4.90 Å². The molecular weight excluding hydrogens is 192 g/mol. The van der Waals surface area contributed by atoms with E-state index in [1.807, 2.05) is 0 Å². The van der Waals surface area contributed by atoms with Crippen LogP contribution in [0.2, 0.25) is 0 Å². The van der Waals surface area contributed by atoms with Crippen molar-refractivity contribution in [3.05, 3.63) is 0 Å². The molecule has 4 nitrogen and oxygen atoms in total. The van der Waals surface area contributed by atoms with Gasteiger partial charge in [-0.15, -0.1) is 12.4 Å². The van der Waals surface area contributed by atoms with Crippen LogP contribution >= 0.6 is 12.4 Å². The second kappa shape index (κ2) is 5.12. The number of nitrogens with one attached hydrogen (secondary N) is 1. The molecule has 0 spiro atoms. The van der Waals surface area contributed by atoms with E-state index >= 15 is 0 Å². The second-order valence-corrected chi connectivity index (χ2v) is 3.44. The molecule has 0 amide bonds. The molecule has 5 heteroatoms. The minimum atomic E-state index is -0.192. The number of hydrogen-bond acceptors (Lipinski definition) is 4. The standard InChI is InChI=1S/C8H16N2O2.ClH/c11-8-6-9-5-7(8)10-1-3-12-4-2-10;/h7-9,11H,1-6H2;1H/t7-,8-;/m0./s1. The minimum absolute atomic E-state index is 0. The summed E-state index contributed by atoms with van der Waals surface area (Å²) in [4.78, 5) is 2.31. The van der Waals surface area contributed by atoms with E-state index in [2.05, 4.69) is 10.2 Å². The zero-order valence-electron chi connectivity index (χ0n) is 7.61. The number of aliphatic hydroxyl groups excluding tert-OH is 1. The fraction of sp³-hybridized carbons (Fsp3) is 1.00. The smallest absolute Gasteiger partial charge is 0.0831 e. The molecule has 0 radical (unpaired) electrons. The van der Waals surface area contributed by atoms with Gasteiger partial charge in [-0.1, -0.05) is 0 Å². The molecule has 0 bridgehead atoms. The Kier molecular flexibility index (Phi) is 4.41. The van der Waals surface area contributed by atoms with E-state index in [0.29, 0.717) is 6.04 Å². The Labute approximate surface area is 84.7 Å². The first-order valence-corrected chi connectivity index (χ1v) is 4.58. The summed E-state index contributed by atoms with van der Waals surface area (Å²) >= 11 is 0. The molecular formula is C8H17ClN2O2. The molecule has 0 aromatic rings. The predicted molar refractivity (Wildman–Crippen MR) is 52.3 cm³/mol. The largest absolute Gasteiger partial charge is 0.390 e. The van der Waals surface area contributed by atoms with Gasteiger partial charge in [0.15, 0.2) is 0 Å². The van der Waals surface area contributed by atoms with Crippen molar-refractivity contribution in [3.8, 4) is 0 Å². The van der Waals surface area contributed by atoms with Gasteiger partial charge in [-0.05, 0) is 0 Å². The van der Waals surface area contributed by atoms with Gasteiger partial charge >= 0.3 is 0 Å². The van der Waals surface area contributed by atoms with E-state index in [0.717, 1.165) is 39.4 Å². The van der Waals surface area contributed by atoms with Gasteiger partial charge in [0.25, 0.3) is 0 Å². The summed E-state index contributed by atoms with van der Waals surface area (Å²) in [6.07, 6.45) is -0.192. The topological polar surface area (TPSA) is 44.7 Å². The number of rotatable bonds is 1. The van der Waals surface area contributed by atoms with Crippen molar-refractivity contribution in [1.29, 1.82) is 0 Å². The number of ether oxygens (including phenoxy) is 1. The SMILES string of the molecule is Cl.O[C@H]1CNC[C@@H]1N1CCOCC1. The number of halogens is 1. The lowest BCUT2D eigenvalue weighted by molar-refractivity contribution is -0.00592. The Morgan fingerprint density at radius 2 is 1.92 bits per heavy atom. The third kappa shape index (κ3) is 2.54. The van der Waals surface area contributed by atoms with E-state index in [1.54, 1.807) is 0 Å². The lowest BCUT2D eigenvalue weighted by Crippen LogP contribution is -2.48. The summed E-state index contributed by atoms with van der Waals surface area (Å²) in [5, 5.41) is 12.8. The Morgan fingerprint density at radius 3 is 2.46 bits per heavy atom. The summed E-state index contributed by atoms with van der Waals surface area (Å²) in [6.45, 7) is 5.20.